The molecule has 1 atom stereocenters. The number of benzene rings is 1. The quantitative estimate of drug-likeness (QED) is 0.784. The monoisotopic (exact) mass is 359 g/mol. The van der Waals surface area contributed by atoms with Crippen molar-refractivity contribution >= 4 is 17.9 Å². The summed E-state index contributed by atoms with van der Waals surface area (Å²) in [5.41, 5.74) is 2.12. The average Bonchev–Trinajstić information content (AvgIpc) is 2.67. The normalized spacial score (nSPS) is 20.3. The van der Waals surface area contributed by atoms with Gasteiger partial charge in [-0.25, -0.2) is 9.59 Å². The van der Waals surface area contributed by atoms with Crippen LogP contribution < -0.4 is 10.6 Å². The minimum atomic E-state index is -0.592. The largest absolute Gasteiger partial charge is 0.465 e. The SMILES string of the molecule is COC(=O)c1ccc([C@H]2NC(=O)NC(C)=C2C(=O)N2CCOCC2)cc1. The number of methoxy groups -OCH3 is 1. The minimum absolute atomic E-state index is 0.139. The summed E-state index contributed by atoms with van der Waals surface area (Å²) in [7, 11) is 1.31. The molecule has 2 aliphatic rings. The first-order valence-electron chi connectivity index (χ1n) is 8.35. The van der Waals surface area contributed by atoms with E-state index in [1.54, 1.807) is 36.1 Å². The van der Waals surface area contributed by atoms with Crippen molar-refractivity contribution in [3.63, 3.8) is 0 Å². The smallest absolute Gasteiger partial charge is 0.337 e. The third-order valence-corrected chi connectivity index (χ3v) is 4.46. The zero-order valence-corrected chi connectivity index (χ0v) is 14.7. The molecule has 1 saturated heterocycles. The molecule has 3 rings (SSSR count). The van der Waals surface area contributed by atoms with Gasteiger partial charge in [-0.2, -0.15) is 0 Å². The lowest BCUT2D eigenvalue weighted by Gasteiger charge is -2.34. The Morgan fingerprint density at radius 1 is 1.19 bits per heavy atom. The van der Waals surface area contributed by atoms with Crippen LogP contribution >= 0.6 is 0 Å². The van der Waals surface area contributed by atoms with Crippen molar-refractivity contribution in [3.8, 4) is 0 Å². The molecule has 8 heteroatoms. The number of nitrogens with one attached hydrogen (secondary N) is 2. The fraction of sp³-hybridized carbons (Fsp3) is 0.389. The first-order chi connectivity index (χ1) is 12.5. The minimum Gasteiger partial charge on any atom is -0.465 e. The Kier molecular flexibility index (Phi) is 5.22. The summed E-state index contributed by atoms with van der Waals surface area (Å²) in [5.74, 6) is -0.581. The van der Waals surface area contributed by atoms with Gasteiger partial charge < -0.3 is 25.0 Å². The molecule has 1 fully saturated rings. The summed E-state index contributed by atoms with van der Waals surface area (Å²) in [6.07, 6.45) is 0. The summed E-state index contributed by atoms with van der Waals surface area (Å²) >= 11 is 0. The number of hydrogen-bond acceptors (Lipinski definition) is 5. The molecule has 0 spiro atoms. The van der Waals surface area contributed by atoms with Crippen molar-refractivity contribution in [1.82, 2.24) is 15.5 Å². The molecule has 8 nitrogen and oxygen atoms in total. The molecule has 0 unspecified atom stereocenters. The van der Waals surface area contributed by atoms with Gasteiger partial charge in [0.2, 0.25) is 0 Å². The number of carbonyl (C=O) groups excluding carboxylic acids is 3. The van der Waals surface area contributed by atoms with Crippen molar-refractivity contribution in [1.29, 1.82) is 0 Å². The zero-order valence-electron chi connectivity index (χ0n) is 14.7. The van der Waals surface area contributed by atoms with E-state index in [0.29, 0.717) is 48.7 Å². The van der Waals surface area contributed by atoms with E-state index in [-0.39, 0.29) is 11.9 Å². The van der Waals surface area contributed by atoms with E-state index in [1.807, 2.05) is 0 Å². The number of urea groups is 1. The summed E-state index contributed by atoms with van der Waals surface area (Å²) in [4.78, 5) is 38.3. The van der Waals surface area contributed by atoms with Crippen LogP contribution in [0.15, 0.2) is 35.5 Å². The van der Waals surface area contributed by atoms with Gasteiger partial charge in [0.25, 0.3) is 5.91 Å². The summed E-state index contributed by atoms with van der Waals surface area (Å²) in [6, 6.07) is 5.68. The maximum Gasteiger partial charge on any atom is 0.337 e. The third kappa shape index (κ3) is 3.55. The van der Waals surface area contributed by atoms with Crippen molar-refractivity contribution in [3.05, 3.63) is 46.7 Å². The van der Waals surface area contributed by atoms with Crippen molar-refractivity contribution in [2.45, 2.75) is 13.0 Å². The van der Waals surface area contributed by atoms with Crippen LogP contribution in [0.2, 0.25) is 0 Å². The van der Waals surface area contributed by atoms with E-state index in [2.05, 4.69) is 10.6 Å². The molecular weight excluding hydrogens is 338 g/mol. The fourth-order valence-electron chi connectivity index (χ4n) is 3.09. The Bertz CT molecular complexity index is 751. The molecule has 3 amide bonds. The summed E-state index contributed by atoms with van der Waals surface area (Å²) in [5, 5.41) is 5.46. The fourth-order valence-corrected chi connectivity index (χ4v) is 3.09. The van der Waals surface area contributed by atoms with Crippen LogP contribution in [0.25, 0.3) is 0 Å². The van der Waals surface area contributed by atoms with Crippen molar-refractivity contribution in [2.75, 3.05) is 33.4 Å². The Morgan fingerprint density at radius 2 is 1.85 bits per heavy atom. The standard InChI is InChI=1S/C18H21N3O5/c1-11-14(16(22)21-7-9-26-10-8-21)15(20-18(24)19-11)12-3-5-13(6-4-12)17(23)25-2/h3-6,15H,7-10H2,1-2H3,(H2,19,20,24)/t15-/m1/s1. The lowest BCUT2D eigenvalue weighted by Crippen LogP contribution is -2.49. The van der Waals surface area contributed by atoms with Crippen LogP contribution in [0, 0.1) is 0 Å². The van der Waals surface area contributed by atoms with Gasteiger partial charge in [0.1, 0.15) is 0 Å². The third-order valence-electron chi connectivity index (χ3n) is 4.46. The molecule has 0 aromatic heterocycles. The summed E-state index contributed by atoms with van der Waals surface area (Å²) in [6.45, 7) is 3.73. The van der Waals surface area contributed by atoms with E-state index in [0.717, 1.165) is 0 Å². The van der Waals surface area contributed by atoms with Crippen molar-refractivity contribution < 1.29 is 23.9 Å². The van der Waals surface area contributed by atoms with Crippen LogP contribution in [0.1, 0.15) is 28.9 Å². The van der Waals surface area contributed by atoms with Gasteiger partial charge in [0.15, 0.2) is 0 Å². The first-order valence-corrected chi connectivity index (χ1v) is 8.35. The molecule has 0 saturated carbocycles. The molecule has 2 heterocycles. The molecule has 0 aliphatic carbocycles. The van der Waals surface area contributed by atoms with Gasteiger partial charge in [-0.1, -0.05) is 12.1 Å². The molecule has 0 bridgehead atoms. The van der Waals surface area contributed by atoms with Crippen LogP contribution in [0.4, 0.5) is 4.79 Å². The maximum absolute atomic E-state index is 13.0. The molecule has 2 aliphatic heterocycles. The highest BCUT2D eigenvalue weighted by Gasteiger charge is 2.34. The van der Waals surface area contributed by atoms with E-state index in [9.17, 15) is 14.4 Å². The molecule has 0 radical (unpaired) electrons. The predicted octanol–water partition coefficient (Wildman–Crippen LogP) is 0.960. The van der Waals surface area contributed by atoms with E-state index >= 15 is 0 Å². The van der Waals surface area contributed by atoms with Gasteiger partial charge in [0, 0.05) is 18.8 Å². The number of ether oxygens (including phenoxy) is 2. The van der Waals surface area contributed by atoms with Gasteiger partial charge in [-0.05, 0) is 24.6 Å². The molecule has 26 heavy (non-hydrogen) atoms. The molecule has 1 aromatic carbocycles. The van der Waals surface area contributed by atoms with Crippen LogP contribution in [-0.2, 0) is 14.3 Å². The number of morpholine rings is 1. The number of amides is 3. The highest BCUT2D eigenvalue weighted by Crippen LogP contribution is 2.28. The van der Waals surface area contributed by atoms with Gasteiger partial charge >= 0.3 is 12.0 Å². The van der Waals surface area contributed by atoms with E-state index < -0.39 is 12.0 Å². The highest BCUT2D eigenvalue weighted by molar-refractivity contribution is 5.98. The van der Waals surface area contributed by atoms with E-state index in [4.69, 9.17) is 9.47 Å². The van der Waals surface area contributed by atoms with Crippen LogP contribution in [-0.4, -0.2) is 56.2 Å². The van der Waals surface area contributed by atoms with Gasteiger partial charge in [-0.15, -0.1) is 0 Å². The van der Waals surface area contributed by atoms with Gasteiger partial charge in [0.05, 0.1) is 37.5 Å². The Hall–Kier alpha value is -2.87. The second-order valence-corrected chi connectivity index (χ2v) is 6.09. The lowest BCUT2D eigenvalue weighted by atomic mass is 9.93. The summed E-state index contributed by atoms with van der Waals surface area (Å²) < 4.78 is 9.99. The topological polar surface area (TPSA) is 97.0 Å². The number of allylic oxidation sites excluding steroid dienone is 1. The first kappa shape index (κ1) is 17.9. The number of carbonyl (C=O) groups is 3. The second-order valence-electron chi connectivity index (χ2n) is 6.09. The van der Waals surface area contributed by atoms with Crippen molar-refractivity contribution in [2.24, 2.45) is 0 Å². The van der Waals surface area contributed by atoms with E-state index in [1.165, 1.54) is 7.11 Å². The maximum atomic E-state index is 13.0. The Morgan fingerprint density at radius 3 is 2.46 bits per heavy atom. The molecule has 138 valence electrons. The van der Waals surface area contributed by atoms with Gasteiger partial charge in [-0.3, -0.25) is 4.79 Å². The second kappa shape index (κ2) is 7.57. The number of rotatable bonds is 3. The highest BCUT2D eigenvalue weighted by atomic mass is 16.5. The zero-order chi connectivity index (χ0) is 18.7. The molecular formula is C18H21N3O5. The Balaban J connectivity index is 1.92. The average molecular weight is 359 g/mol. The predicted molar refractivity (Wildman–Crippen MR) is 92.3 cm³/mol. The lowest BCUT2D eigenvalue weighted by molar-refractivity contribution is -0.131. The Labute approximate surface area is 151 Å². The van der Waals surface area contributed by atoms with Crippen LogP contribution in [0.5, 0.6) is 0 Å². The molecule has 2 N–H and O–H groups in total. The number of nitrogens with zero attached hydrogens (tertiary/aromatic N) is 1. The number of hydrogen-bond donors (Lipinski definition) is 2. The molecule has 1 aromatic rings. The van der Waals surface area contributed by atoms with Crippen LogP contribution in [0.3, 0.4) is 0 Å². The number of esters is 1.